The molecule has 5 heterocycles. The van der Waals surface area contributed by atoms with Gasteiger partial charge in [-0.3, -0.25) is 9.20 Å². The molecule has 0 aliphatic carbocycles. The van der Waals surface area contributed by atoms with Crippen LogP contribution < -0.4 is 10.5 Å². The molecule has 6 rings (SSSR count). The summed E-state index contributed by atoms with van der Waals surface area (Å²) in [5.41, 5.74) is 7.03. The number of benzene rings is 1. The van der Waals surface area contributed by atoms with Crippen molar-refractivity contribution in [3.05, 3.63) is 59.8 Å². The number of nitrogen functional groups attached to an aromatic ring is 1. The minimum atomic E-state index is -4.55. The van der Waals surface area contributed by atoms with Gasteiger partial charge >= 0.3 is 6.18 Å². The number of amides is 1. The SMILES string of the molecule is Nc1nc2cnc(C(=O)N3CC(F)CC4Oc5cc(C(F)(F)F)ccc5[C@@H]43)cc2n2cncc12. The molecule has 0 spiro atoms. The Kier molecular flexibility index (Phi) is 4.26. The highest BCUT2D eigenvalue weighted by atomic mass is 19.4. The van der Waals surface area contributed by atoms with Crippen molar-refractivity contribution in [1.29, 1.82) is 0 Å². The number of hydrogen-bond acceptors (Lipinski definition) is 6. The zero-order valence-corrected chi connectivity index (χ0v) is 17.3. The van der Waals surface area contributed by atoms with Gasteiger partial charge in [0.05, 0.1) is 42.4 Å². The van der Waals surface area contributed by atoms with E-state index in [0.717, 1.165) is 12.1 Å². The van der Waals surface area contributed by atoms with Gasteiger partial charge in [-0.05, 0) is 18.2 Å². The molecule has 2 N–H and O–H groups in total. The largest absolute Gasteiger partial charge is 0.487 e. The van der Waals surface area contributed by atoms with Crippen molar-refractivity contribution in [1.82, 2.24) is 24.3 Å². The first-order chi connectivity index (χ1) is 16.2. The maximum absolute atomic E-state index is 14.6. The normalized spacial score (nSPS) is 22.0. The van der Waals surface area contributed by atoms with Gasteiger partial charge in [0.1, 0.15) is 40.6 Å². The smallest absolute Gasteiger partial charge is 0.416 e. The molecule has 8 nitrogen and oxygen atoms in total. The maximum atomic E-state index is 14.6. The highest BCUT2D eigenvalue weighted by Gasteiger charge is 2.47. The fourth-order valence-corrected chi connectivity index (χ4v) is 4.74. The number of halogens is 4. The Hall–Kier alpha value is -3.96. The standard InChI is InChI=1S/C22H16F4N6O2/c23-11-4-18-19(12-2-1-10(22(24,25)26)3-17(12)34-18)31(8-11)21(33)13-5-15-14(6-29-13)30-20(27)16-7-28-9-32(15)16/h1-3,5-7,9,11,18-19H,4,8H2,(H2,27,30)/t11?,18?,19-/m0/s1. The molecule has 4 aromatic rings. The fraction of sp³-hybridized carbons (Fsp3) is 0.273. The predicted octanol–water partition coefficient (Wildman–Crippen LogP) is 3.56. The Labute approximate surface area is 189 Å². The Bertz CT molecular complexity index is 1470. The van der Waals surface area contributed by atoms with Crippen molar-refractivity contribution >= 4 is 28.3 Å². The van der Waals surface area contributed by atoms with Gasteiger partial charge in [0.25, 0.3) is 5.91 Å². The number of anilines is 1. The molecule has 0 radical (unpaired) electrons. The first-order valence-corrected chi connectivity index (χ1v) is 10.4. The number of ether oxygens (including phenoxy) is 1. The van der Waals surface area contributed by atoms with Crippen LogP contribution in [0.4, 0.5) is 23.4 Å². The highest BCUT2D eigenvalue weighted by Crippen LogP contribution is 2.47. The summed E-state index contributed by atoms with van der Waals surface area (Å²) in [7, 11) is 0. The van der Waals surface area contributed by atoms with Gasteiger partial charge in [-0.1, -0.05) is 6.07 Å². The van der Waals surface area contributed by atoms with Crippen LogP contribution in [0.25, 0.3) is 16.6 Å². The number of likely N-dealkylation sites (tertiary alicyclic amines) is 1. The first-order valence-electron chi connectivity index (χ1n) is 10.4. The molecule has 2 aliphatic heterocycles. The number of rotatable bonds is 1. The second-order valence-electron chi connectivity index (χ2n) is 8.35. The number of hydrogen-bond donors (Lipinski definition) is 1. The third kappa shape index (κ3) is 3.05. The van der Waals surface area contributed by atoms with Crippen LogP contribution in [0.3, 0.4) is 0 Å². The van der Waals surface area contributed by atoms with Crippen molar-refractivity contribution in [2.75, 3.05) is 12.3 Å². The van der Waals surface area contributed by atoms with E-state index in [-0.39, 0.29) is 30.2 Å². The van der Waals surface area contributed by atoms with E-state index < -0.39 is 36.0 Å². The zero-order valence-electron chi connectivity index (χ0n) is 17.3. The first kappa shape index (κ1) is 20.6. The molecule has 0 saturated carbocycles. The van der Waals surface area contributed by atoms with Crippen LogP contribution in [0.15, 0.2) is 43.0 Å². The van der Waals surface area contributed by atoms with E-state index in [0.29, 0.717) is 22.1 Å². The van der Waals surface area contributed by atoms with E-state index in [9.17, 15) is 22.4 Å². The van der Waals surface area contributed by atoms with Gasteiger partial charge < -0.3 is 15.4 Å². The van der Waals surface area contributed by atoms with E-state index in [1.165, 1.54) is 35.8 Å². The predicted molar refractivity (Wildman–Crippen MR) is 112 cm³/mol. The number of aromatic nitrogens is 4. The summed E-state index contributed by atoms with van der Waals surface area (Å²) in [5, 5.41) is 0. The molecule has 3 atom stereocenters. The zero-order chi connectivity index (χ0) is 23.8. The average Bonchev–Trinajstić information content (AvgIpc) is 3.42. The Morgan fingerprint density at radius 1 is 1.18 bits per heavy atom. The molecule has 2 aliphatic rings. The molecule has 12 heteroatoms. The number of pyridine rings is 1. The minimum Gasteiger partial charge on any atom is -0.487 e. The highest BCUT2D eigenvalue weighted by molar-refractivity contribution is 5.96. The van der Waals surface area contributed by atoms with Crippen molar-refractivity contribution in [3.63, 3.8) is 0 Å². The number of imidazole rings is 1. The molecule has 1 amide bonds. The van der Waals surface area contributed by atoms with Gasteiger partial charge in [-0.25, -0.2) is 19.3 Å². The topological polar surface area (TPSA) is 98.6 Å². The third-order valence-corrected chi connectivity index (χ3v) is 6.25. The third-order valence-electron chi connectivity index (χ3n) is 6.25. The molecule has 1 fully saturated rings. The quantitative estimate of drug-likeness (QED) is 0.426. The Balaban J connectivity index is 1.41. The monoisotopic (exact) mass is 472 g/mol. The summed E-state index contributed by atoms with van der Waals surface area (Å²) in [6.07, 6.45) is -2.32. The van der Waals surface area contributed by atoms with Gasteiger partial charge in [0.2, 0.25) is 0 Å². The fourth-order valence-electron chi connectivity index (χ4n) is 4.74. The minimum absolute atomic E-state index is 0.00277. The summed E-state index contributed by atoms with van der Waals surface area (Å²) >= 11 is 0. The molecule has 2 unspecified atom stereocenters. The second kappa shape index (κ2) is 7.02. The van der Waals surface area contributed by atoms with Crippen LogP contribution in [0.5, 0.6) is 5.75 Å². The maximum Gasteiger partial charge on any atom is 0.416 e. The summed E-state index contributed by atoms with van der Waals surface area (Å²) < 4.78 is 61.4. The molecule has 1 aromatic carbocycles. The summed E-state index contributed by atoms with van der Waals surface area (Å²) in [4.78, 5) is 27.3. The molecule has 3 aromatic heterocycles. The van der Waals surface area contributed by atoms with Crippen LogP contribution in [0.2, 0.25) is 0 Å². The number of carbonyl (C=O) groups is 1. The lowest BCUT2D eigenvalue weighted by atomic mass is 9.92. The second-order valence-corrected chi connectivity index (χ2v) is 8.35. The lowest BCUT2D eigenvalue weighted by Crippen LogP contribution is -2.49. The van der Waals surface area contributed by atoms with Crippen LogP contribution in [0.1, 0.15) is 34.1 Å². The van der Waals surface area contributed by atoms with Gasteiger partial charge in [-0.15, -0.1) is 0 Å². The molecule has 34 heavy (non-hydrogen) atoms. The van der Waals surface area contributed by atoms with Gasteiger partial charge in [0.15, 0.2) is 0 Å². The molecular weight excluding hydrogens is 456 g/mol. The molecule has 0 bridgehead atoms. The average molecular weight is 472 g/mol. The van der Waals surface area contributed by atoms with Crippen molar-refractivity contribution in [3.8, 4) is 5.75 Å². The van der Waals surface area contributed by atoms with Crippen molar-refractivity contribution in [2.45, 2.75) is 30.9 Å². The van der Waals surface area contributed by atoms with Gasteiger partial charge in [-0.2, -0.15) is 13.2 Å². The van der Waals surface area contributed by atoms with E-state index >= 15 is 0 Å². The van der Waals surface area contributed by atoms with Gasteiger partial charge in [0, 0.05) is 12.0 Å². The molecular formula is C22H16F4N6O2. The molecule has 1 saturated heterocycles. The Morgan fingerprint density at radius 3 is 2.79 bits per heavy atom. The van der Waals surface area contributed by atoms with Crippen LogP contribution in [0, 0.1) is 0 Å². The lowest BCUT2D eigenvalue weighted by molar-refractivity contribution is -0.137. The van der Waals surface area contributed by atoms with E-state index in [4.69, 9.17) is 10.5 Å². The van der Waals surface area contributed by atoms with Crippen LogP contribution in [-0.4, -0.2) is 49.0 Å². The van der Waals surface area contributed by atoms with Crippen LogP contribution in [-0.2, 0) is 6.18 Å². The number of carbonyl (C=O) groups excluding carboxylic acids is 1. The number of fused-ring (bicyclic) bond motifs is 6. The van der Waals surface area contributed by atoms with E-state index in [2.05, 4.69) is 15.0 Å². The van der Waals surface area contributed by atoms with Crippen LogP contribution >= 0.6 is 0 Å². The van der Waals surface area contributed by atoms with Crippen molar-refractivity contribution < 1.29 is 27.1 Å². The Morgan fingerprint density at radius 2 is 2.00 bits per heavy atom. The lowest BCUT2D eigenvalue weighted by Gasteiger charge is -2.38. The van der Waals surface area contributed by atoms with Crippen molar-refractivity contribution in [2.24, 2.45) is 0 Å². The number of alkyl halides is 4. The van der Waals surface area contributed by atoms with E-state index in [1.54, 1.807) is 4.40 Å². The summed E-state index contributed by atoms with van der Waals surface area (Å²) in [5.74, 6) is -0.313. The number of nitrogens with zero attached hydrogens (tertiary/aromatic N) is 5. The van der Waals surface area contributed by atoms with E-state index in [1.807, 2.05) is 0 Å². The number of nitrogens with two attached hydrogens (primary N) is 1. The summed E-state index contributed by atoms with van der Waals surface area (Å²) in [6.45, 7) is -0.232. The number of piperidine rings is 1. The summed E-state index contributed by atoms with van der Waals surface area (Å²) in [6, 6.07) is 3.90. The molecule has 174 valence electrons.